The van der Waals surface area contributed by atoms with Gasteiger partial charge in [0.15, 0.2) is 0 Å². The van der Waals surface area contributed by atoms with Crippen LogP contribution in [0.25, 0.3) is 0 Å². The lowest BCUT2D eigenvalue weighted by Gasteiger charge is -2.34. The van der Waals surface area contributed by atoms with E-state index in [2.05, 4.69) is 21.0 Å². The third-order valence-electron chi connectivity index (χ3n) is 5.43. The summed E-state index contributed by atoms with van der Waals surface area (Å²) in [5.41, 5.74) is 1.76. The minimum atomic E-state index is -0.708. The second-order valence-electron chi connectivity index (χ2n) is 7.61. The van der Waals surface area contributed by atoms with Gasteiger partial charge in [-0.15, -0.1) is 5.10 Å². The molecule has 2 aromatic carbocycles. The van der Waals surface area contributed by atoms with Crippen LogP contribution in [-0.2, 0) is 16.1 Å². The summed E-state index contributed by atoms with van der Waals surface area (Å²) in [5.74, 6) is 0.274. The molecule has 6 nitrogen and oxygen atoms in total. The van der Waals surface area contributed by atoms with E-state index in [-0.39, 0.29) is 5.91 Å². The molecule has 1 saturated heterocycles. The third kappa shape index (κ3) is 5.16. The average Bonchev–Trinajstić information content (AvgIpc) is 3.17. The Bertz CT molecular complexity index is 992. The monoisotopic (exact) mass is 480 g/mol. The van der Waals surface area contributed by atoms with Crippen molar-refractivity contribution in [3.8, 4) is 0 Å². The van der Waals surface area contributed by atoms with Gasteiger partial charge < -0.3 is 4.74 Å². The Kier molecular flexibility index (Phi) is 7.04. The number of ether oxygens (including phenoxy) is 1. The first-order valence-electron chi connectivity index (χ1n) is 10.1. The zero-order valence-corrected chi connectivity index (χ0v) is 19.4. The highest BCUT2D eigenvalue weighted by molar-refractivity contribution is 6.42. The van der Waals surface area contributed by atoms with Gasteiger partial charge in [-0.25, -0.2) is 0 Å². The molecule has 2 aliphatic rings. The fourth-order valence-corrected chi connectivity index (χ4v) is 4.35. The predicted octanol–water partition coefficient (Wildman–Crippen LogP) is 4.66. The van der Waals surface area contributed by atoms with E-state index in [4.69, 9.17) is 39.5 Å². The molecule has 0 radical (unpaired) electrons. The lowest BCUT2D eigenvalue weighted by molar-refractivity contribution is -0.135. The summed E-state index contributed by atoms with van der Waals surface area (Å²) in [7, 11) is 0. The van der Waals surface area contributed by atoms with Crippen LogP contribution in [0.15, 0.2) is 47.6 Å². The number of hydrogen-bond acceptors (Lipinski definition) is 5. The Morgan fingerprint density at radius 3 is 2.29 bits per heavy atom. The zero-order valence-electron chi connectivity index (χ0n) is 17.1. The molecule has 1 amide bonds. The topological polar surface area (TPSA) is 48.4 Å². The SMILES string of the molecule is CC(=O)N1N=C(CN2CCN(Cc3ccccc3Cl)CC2)O[C@H]1c1cccc(Cl)c1Cl. The summed E-state index contributed by atoms with van der Waals surface area (Å²) < 4.78 is 6.04. The van der Waals surface area contributed by atoms with Gasteiger partial charge in [0.2, 0.25) is 18.0 Å². The fourth-order valence-electron chi connectivity index (χ4n) is 3.75. The van der Waals surface area contributed by atoms with Gasteiger partial charge in [-0.2, -0.15) is 5.01 Å². The van der Waals surface area contributed by atoms with Crippen LogP contribution in [0.3, 0.4) is 0 Å². The quantitative estimate of drug-likeness (QED) is 0.623. The normalized spacial score (nSPS) is 19.9. The summed E-state index contributed by atoms with van der Waals surface area (Å²) in [5, 5.41) is 7.31. The molecule has 9 heteroatoms. The van der Waals surface area contributed by atoms with Crippen LogP contribution < -0.4 is 0 Å². The first-order valence-corrected chi connectivity index (χ1v) is 11.2. The molecule has 0 aliphatic carbocycles. The van der Waals surface area contributed by atoms with E-state index < -0.39 is 6.23 Å². The Hall–Kier alpha value is -1.83. The molecule has 4 rings (SSSR count). The molecule has 0 N–H and O–H groups in total. The standard InChI is InChI=1S/C22H23Cl3N4O2/c1-15(30)29-22(17-6-4-8-19(24)21(17)25)31-20(26-29)14-28-11-9-27(10-12-28)13-16-5-2-3-7-18(16)23/h2-8,22H,9-14H2,1H3/t22-/m0/s1. The van der Waals surface area contributed by atoms with E-state index >= 15 is 0 Å². The minimum Gasteiger partial charge on any atom is -0.448 e. The van der Waals surface area contributed by atoms with Gasteiger partial charge in [0.05, 0.1) is 16.6 Å². The van der Waals surface area contributed by atoms with E-state index in [1.165, 1.54) is 11.9 Å². The van der Waals surface area contributed by atoms with E-state index in [9.17, 15) is 4.79 Å². The van der Waals surface area contributed by atoms with Crippen LogP contribution in [-0.4, -0.2) is 59.3 Å². The molecule has 0 unspecified atom stereocenters. The van der Waals surface area contributed by atoms with Crippen molar-refractivity contribution in [2.45, 2.75) is 19.7 Å². The summed E-state index contributed by atoms with van der Waals surface area (Å²) in [6.45, 7) is 6.38. The van der Waals surface area contributed by atoms with Gasteiger partial charge >= 0.3 is 0 Å². The van der Waals surface area contributed by atoms with Gasteiger partial charge in [-0.05, 0) is 17.7 Å². The maximum Gasteiger partial charge on any atom is 0.243 e. The first-order chi connectivity index (χ1) is 14.9. The van der Waals surface area contributed by atoms with Gasteiger partial charge in [-0.1, -0.05) is 65.1 Å². The predicted molar refractivity (Wildman–Crippen MR) is 123 cm³/mol. The summed E-state index contributed by atoms with van der Waals surface area (Å²) in [6.07, 6.45) is -0.708. The smallest absolute Gasteiger partial charge is 0.243 e. The molecule has 164 valence electrons. The minimum absolute atomic E-state index is 0.222. The van der Waals surface area contributed by atoms with Gasteiger partial charge in [0.25, 0.3) is 0 Å². The van der Waals surface area contributed by atoms with Crippen LogP contribution in [0.2, 0.25) is 15.1 Å². The molecule has 31 heavy (non-hydrogen) atoms. The summed E-state index contributed by atoms with van der Waals surface area (Å²) in [4.78, 5) is 16.8. The van der Waals surface area contributed by atoms with Crippen molar-refractivity contribution in [2.24, 2.45) is 5.10 Å². The van der Waals surface area contributed by atoms with Crippen LogP contribution in [0.4, 0.5) is 0 Å². The first kappa shape index (κ1) is 22.4. The number of hydrogen-bond donors (Lipinski definition) is 0. The lowest BCUT2D eigenvalue weighted by Crippen LogP contribution is -2.47. The van der Waals surface area contributed by atoms with Crippen molar-refractivity contribution in [3.05, 3.63) is 68.7 Å². The molecule has 1 fully saturated rings. The Balaban J connectivity index is 1.36. The summed E-state index contributed by atoms with van der Waals surface area (Å²) >= 11 is 18.8. The Morgan fingerprint density at radius 1 is 0.968 bits per heavy atom. The molecule has 2 aromatic rings. The maximum absolute atomic E-state index is 12.1. The number of carbonyl (C=O) groups excluding carboxylic acids is 1. The summed E-state index contributed by atoms with van der Waals surface area (Å²) in [6, 6.07) is 13.2. The molecule has 0 spiro atoms. The zero-order chi connectivity index (χ0) is 22.0. The van der Waals surface area contributed by atoms with E-state index in [0.29, 0.717) is 28.1 Å². The Morgan fingerprint density at radius 2 is 1.61 bits per heavy atom. The number of benzene rings is 2. The van der Waals surface area contributed by atoms with Gasteiger partial charge in [0.1, 0.15) is 0 Å². The van der Waals surface area contributed by atoms with Crippen LogP contribution >= 0.6 is 34.8 Å². The molecular formula is C22H23Cl3N4O2. The van der Waals surface area contributed by atoms with E-state index in [1.54, 1.807) is 18.2 Å². The van der Waals surface area contributed by atoms with Crippen molar-refractivity contribution in [1.82, 2.24) is 14.8 Å². The van der Waals surface area contributed by atoms with Crippen molar-refractivity contribution in [1.29, 1.82) is 0 Å². The second-order valence-corrected chi connectivity index (χ2v) is 8.81. The lowest BCUT2D eigenvalue weighted by atomic mass is 10.2. The number of hydrazone groups is 1. The molecule has 1 atom stereocenters. The fraction of sp³-hybridized carbons (Fsp3) is 0.364. The van der Waals surface area contributed by atoms with E-state index in [1.807, 2.05) is 18.2 Å². The van der Waals surface area contributed by atoms with Gasteiger partial charge in [-0.3, -0.25) is 14.6 Å². The van der Waals surface area contributed by atoms with Crippen LogP contribution in [0, 0.1) is 0 Å². The number of piperazine rings is 1. The molecular weight excluding hydrogens is 459 g/mol. The molecule has 2 heterocycles. The van der Waals surface area contributed by atoms with Crippen molar-refractivity contribution in [3.63, 3.8) is 0 Å². The van der Waals surface area contributed by atoms with Crippen molar-refractivity contribution in [2.75, 3.05) is 32.7 Å². The van der Waals surface area contributed by atoms with Crippen LogP contribution in [0.5, 0.6) is 0 Å². The number of halogens is 3. The number of nitrogens with zero attached hydrogens (tertiary/aromatic N) is 4. The molecule has 0 saturated carbocycles. The van der Waals surface area contributed by atoms with Gasteiger partial charge in [0, 0.05) is 50.2 Å². The molecule has 0 bridgehead atoms. The molecule has 2 aliphatic heterocycles. The van der Waals surface area contributed by atoms with Crippen LogP contribution in [0.1, 0.15) is 24.3 Å². The maximum atomic E-state index is 12.1. The Labute approximate surface area is 196 Å². The van der Waals surface area contributed by atoms with E-state index in [0.717, 1.165) is 43.3 Å². The molecule has 0 aromatic heterocycles. The highest BCUT2D eigenvalue weighted by Crippen LogP contribution is 2.36. The third-order valence-corrected chi connectivity index (χ3v) is 6.64. The average molecular weight is 482 g/mol. The number of rotatable bonds is 5. The second kappa shape index (κ2) is 9.76. The largest absolute Gasteiger partial charge is 0.448 e. The number of carbonyl (C=O) groups is 1. The highest BCUT2D eigenvalue weighted by atomic mass is 35.5. The number of amides is 1. The van der Waals surface area contributed by atoms with Crippen molar-refractivity contribution >= 4 is 46.6 Å². The highest BCUT2D eigenvalue weighted by Gasteiger charge is 2.35. The van der Waals surface area contributed by atoms with Crippen molar-refractivity contribution < 1.29 is 9.53 Å².